The second-order valence-electron chi connectivity index (χ2n) is 7.47. The summed E-state index contributed by atoms with van der Waals surface area (Å²) in [6.07, 6.45) is 0.538. The van der Waals surface area contributed by atoms with E-state index in [0.717, 1.165) is 4.88 Å². The van der Waals surface area contributed by atoms with E-state index < -0.39 is 12.0 Å². The van der Waals surface area contributed by atoms with Gasteiger partial charge in [-0.05, 0) is 39.2 Å². The number of thiophene rings is 1. The van der Waals surface area contributed by atoms with Gasteiger partial charge >= 0.3 is 11.9 Å². The zero-order valence-electron chi connectivity index (χ0n) is 16.7. The molecule has 0 fully saturated rings. The van der Waals surface area contributed by atoms with Crippen LogP contribution >= 0.6 is 11.3 Å². The minimum absolute atomic E-state index is 0.143. The Hall–Kier alpha value is -2.00. The molecule has 0 aliphatic carbocycles. The number of ether oxygens (including phenoxy) is 2. The molecule has 5 nitrogen and oxygen atoms in total. The summed E-state index contributed by atoms with van der Waals surface area (Å²) in [5.74, 6) is 5.72. The Kier molecular flexibility index (Phi) is 8.16. The van der Waals surface area contributed by atoms with Gasteiger partial charge in [-0.3, -0.25) is 0 Å². The van der Waals surface area contributed by atoms with E-state index in [4.69, 9.17) is 9.47 Å². The third-order valence-corrected chi connectivity index (χ3v) is 4.28. The maximum Gasteiger partial charge on any atom is 0.350 e. The lowest BCUT2D eigenvalue weighted by Crippen LogP contribution is -2.32. The fourth-order valence-corrected chi connectivity index (χ4v) is 2.81. The van der Waals surface area contributed by atoms with Crippen molar-refractivity contribution >= 4 is 29.0 Å². The van der Waals surface area contributed by atoms with Gasteiger partial charge in [0.25, 0.3) is 0 Å². The first-order valence-corrected chi connectivity index (χ1v) is 9.57. The summed E-state index contributed by atoms with van der Waals surface area (Å²) in [6.45, 7) is 12.3. The van der Waals surface area contributed by atoms with E-state index in [0.29, 0.717) is 23.6 Å². The van der Waals surface area contributed by atoms with Crippen molar-refractivity contribution < 1.29 is 19.1 Å². The first-order valence-electron chi connectivity index (χ1n) is 8.75. The Morgan fingerprint density at radius 1 is 1.31 bits per heavy atom. The molecule has 0 aromatic carbocycles. The average Bonchev–Trinajstić information content (AvgIpc) is 2.97. The molecule has 1 aromatic heterocycles. The first kappa shape index (κ1) is 22.0. The lowest BCUT2D eigenvalue weighted by Gasteiger charge is -2.17. The van der Waals surface area contributed by atoms with Crippen LogP contribution in [0.15, 0.2) is 6.07 Å². The molecule has 1 N–H and O–H groups in total. The summed E-state index contributed by atoms with van der Waals surface area (Å²) in [5, 5.41) is 3.12. The van der Waals surface area contributed by atoms with Gasteiger partial charge in [0.15, 0.2) is 0 Å². The molecule has 1 aromatic rings. The standard InChI is InChI=1S/C20H29NO4S/c1-8-15(18(22)25-12-13(2)3)21-16-11-14(9-10-20(4,5)6)26-17(16)19(23)24-7/h11,13,15,21H,8,12H2,1-7H3. The lowest BCUT2D eigenvalue weighted by atomic mass is 9.98. The van der Waals surface area contributed by atoms with Crippen LogP contribution in [0.4, 0.5) is 5.69 Å². The molecule has 0 saturated carbocycles. The number of anilines is 1. The molecule has 0 bridgehead atoms. The fourth-order valence-electron chi connectivity index (χ4n) is 1.92. The van der Waals surface area contributed by atoms with Gasteiger partial charge in [-0.1, -0.05) is 32.6 Å². The van der Waals surface area contributed by atoms with Crippen molar-refractivity contribution in [3.8, 4) is 11.8 Å². The normalized spacial score (nSPS) is 12.2. The van der Waals surface area contributed by atoms with Crippen LogP contribution in [0.2, 0.25) is 0 Å². The van der Waals surface area contributed by atoms with Crippen molar-refractivity contribution in [2.75, 3.05) is 19.0 Å². The Bertz CT molecular complexity index is 689. The van der Waals surface area contributed by atoms with Crippen LogP contribution < -0.4 is 5.32 Å². The van der Waals surface area contributed by atoms with Gasteiger partial charge in [-0.2, -0.15) is 0 Å². The molecule has 0 saturated heterocycles. The Labute approximate surface area is 160 Å². The molecule has 0 radical (unpaired) electrons. The molecule has 1 atom stereocenters. The summed E-state index contributed by atoms with van der Waals surface area (Å²) in [6, 6.07) is 1.25. The Morgan fingerprint density at radius 2 is 1.96 bits per heavy atom. The van der Waals surface area contributed by atoms with Gasteiger partial charge < -0.3 is 14.8 Å². The van der Waals surface area contributed by atoms with Crippen LogP contribution in [-0.2, 0) is 14.3 Å². The second kappa shape index (κ2) is 9.63. The highest BCUT2D eigenvalue weighted by atomic mass is 32.1. The van der Waals surface area contributed by atoms with Crippen LogP contribution in [0, 0.1) is 23.2 Å². The van der Waals surface area contributed by atoms with Gasteiger partial charge in [-0.25, -0.2) is 9.59 Å². The van der Waals surface area contributed by atoms with E-state index in [1.165, 1.54) is 18.4 Å². The zero-order chi connectivity index (χ0) is 19.9. The number of hydrogen-bond acceptors (Lipinski definition) is 6. The monoisotopic (exact) mass is 379 g/mol. The molecule has 0 spiro atoms. The minimum atomic E-state index is -0.532. The topological polar surface area (TPSA) is 64.6 Å². The summed E-state index contributed by atoms with van der Waals surface area (Å²) in [4.78, 5) is 25.5. The quantitative estimate of drug-likeness (QED) is 0.564. The molecular formula is C20H29NO4S. The van der Waals surface area contributed by atoms with Crippen molar-refractivity contribution in [2.24, 2.45) is 11.3 Å². The van der Waals surface area contributed by atoms with Gasteiger partial charge in [-0.15, -0.1) is 11.3 Å². The van der Waals surface area contributed by atoms with Crippen LogP contribution in [0.1, 0.15) is 62.5 Å². The molecular weight excluding hydrogens is 350 g/mol. The largest absolute Gasteiger partial charge is 0.465 e. The Morgan fingerprint density at radius 3 is 2.46 bits per heavy atom. The van der Waals surface area contributed by atoms with E-state index in [2.05, 4.69) is 17.2 Å². The summed E-state index contributed by atoms with van der Waals surface area (Å²) < 4.78 is 10.2. The number of carbonyl (C=O) groups is 2. The molecule has 0 aliphatic heterocycles. The lowest BCUT2D eigenvalue weighted by molar-refractivity contribution is -0.145. The summed E-state index contributed by atoms with van der Waals surface area (Å²) in [5.41, 5.74) is 0.406. The van der Waals surface area contributed by atoms with Crippen LogP contribution in [0.5, 0.6) is 0 Å². The van der Waals surface area contributed by atoms with Crippen molar-refractivity contribution in [1.82, 2.24) is 0 Å². The highest BCUT2D eigenvalue weighted by molar-refractivity contribution is 7.15. The fraction of sp³-hybridized carbons (Fsp3) is 0.600. The van der Waals surface area contributed by atoms with Gasteiger partial charge in [0.1, 0.15) is 10.9 Å². The maximum atomic E-state index is 12.3. The molecule has 1 rings (SSSR count). The SMILES string of the molecule is CCC(Nc1cc(C#CC(C)(C)C)sc1C(=O)OC)C(=O)OCC(C)C. The molecule has 6 heteroatoms. The van der Waals surface area contributed by atoms with Gasteiger partial charge in [0.2, 0.25) is 0 Å². The van der Waals surface area contributed by atoms with Crippen molar-refractivity contribution in [3.05, 3.63) is 15.8 Å². The van der Waals surface area contributed by atoms with Crippen molar-refractivity contribution in [2.45, 2.75) is 54.0 Å². The third-order valence-electron chi connectivity index (χ3n) is 3.24. The third kappa shape index (κ3) is 7.09. The summed E-state index contributed by atoms with van der Waals surface area (Å²) >= 11 is 1.25. The van der Waals surface area contributed by atoms with Gasteiger partial charge in [0, 0.05) is 5.41 Å². The van der Waals surface area contributed by atoms with E-state index in [-0.39, 0.29) is 17.3 Å². The number of nitrogens with one attached hydrogen (secondary N) is 1. The van der Waals surface area contributed by atoms with Crippen LogP contribution in [0.25, 0.3) is 0 Å². The van der Waals surface area contributed by atoms with Crippen LogP contribution in [-0.4, -0.2) is 31.7 Å². The maximum absolute atomic E-state index is 12.3. The second-order valence-corrected chi connectivity index (χ2v) is 8.53. The minimum Gasteiger partial charge on any atom is -0.465 e. The van der Waals surface area contributed by atoms with Crippen molar-refractivity contribution in [3.63, 3.8) is 0 Å². The molecule has 0 aliphatic rings. The van der Waals surface area contributed by atoms with Crippen LogP contribution in [0.3, 0.4) is 0 Å². The van der Waals surface area contributed by atoms with E-state index in [1.54, 1.807) is 6.07 Å². The first-order chi connectivity index (χ1) is 12.1. The Balaban J connectivity index is 3.07. The molecule has 144 valence electrons. The molecule has 0 amide bonds. The molecule has 26 heavy (non-hydrogen) atoms. The van der Waals surface area contributed by atoms with E-state index >= 15 is 0 Å². The highest BCUT2D eigenvalue weighted by Gasteiger charge is 2.23. The predicted octanol–water partition coefficient (Wildman–Crippen LogP) is 4.32. The summed E-state index contributed by atoms with van der Waals surface area (Å²) in [7, 11) is 1.33. The number of methoxy groups -OCH3 is 1. The van der Waals surface area contributed by atoms with E-state index in [9.17, 15) is 9.59 Å². The molecule has 1 heterocycles. The predicted molar refractivity (Wildman–Crippen MR) is 105 cm³/mol. The van der Waals surface area contributed by atoms with Crippen molar-refractivity contribution in [1.29, 1.82) is 0 Å². The highest BCUT2D eigenvalue weighted by Crippen LogP contribution is 2.29. The van der Waals surface area contributed by atoms with E-state index in [1.807, 2.05) is 41.5 Å². The van der Waals surface area contributed by atoms with Gasteiger partial charge in [0.05, 0.1) is 24.3 Å². The number of rotatable bonds is 7. The number of esters is 2. The molecule has 1 unspecified atom stereocenters. The number of carbonyl (C=O) groups excluding carboxylic acids is 2. The zero-order valence-corrected chi connectivity index (χ0v) is 17.5. The smallest absolute Gasteiger partial charge is 0.350 e. The number of hydrogen-bond donors (Lipinski definition) is 1. The average molecular weight is 380 g/mol.